The monoisotopic (exact) mass is 429 g/mol. The Morgan fingerprint density at radius 2 is 1.71 bits per heavy atom. The summed E-state index contributed by atoms with van der Waals surface area (Å²) in [6, 6.07) is 11.2. The molecule has 4 rings (SSSR count). The molecule has 0 bridgehead atoms. The van der Waals surface area contributed by atoms with Gasteiger partial charge in [-0.05, 0) is 54.2 Å². The average Bonchev–Trinajstić information content (AvgIpc) is 2.73. The van der Waals surface area contributed by atoms with Gasteiger partial charge in [0.25, 0.3) is 0 Å². The Hall–Kier alpha value is -3.29. The lowest BCUT2D eigenvalue weighted by atomic mass is 9.99. The van der Waals surface area contributed by atoms with Gasteiger partial charge in [-0.1, -0.05) is 24.3 Å². The summed E-state index contributed by atoms with van der Waals surface area (Å²) in [6.45, 7) is 0. The molecule has 0 aliphatic carbocycles. The zero-order valence-corrected chi connectivity index (χ0v) is 16.5. The Morgan fingerprint density at radius 3 is 2.45 bits per heavy atom. The van der Waals surface area contributed by atoms with E-state index in [1.54, 1.807) is 18.2 Å². The molecule has 1 N–H and O–H groups in total. The summed E-state index contributed by atoms with van der Waals surface area (Å²) in [5.74, 6) is -0.132. The van der Waals surface area contributed by atoms with Crippen molar-refractivity contribution in [3.8, 4) is 0 Å². The molecule has 4 nitrogen and oxygen atoms in total. The van der Waals surface area contributed by atoms with Crippen LogP contribution in [-0.4, -0.2) is 15.9 Å². The Bertz CT molecular complexity index is 1110. The Kier molecular flexibility index (Phi) is 5.71. The first kappa shape index (κ1) is 21.0. The zero-order chi connectivity index (χ0) is 22.0. The third-order valence-electron chi connectivity index (χ3n) is 5.21. The minimum Gasteiger partial charge on any atom is -0.326 e. The smallest absolute Gasteiger partial charge is 0.326 e. The van der Waals surface area contributed by atoms with Gasteiger partial charge in [0.15, 0.2) is 0 Å². The number of rotatable bonds is 5. The van der Waals surface area contributed by atoms with E-state index in [1.165, 1.54) is 12.1 Å². The summed E-state index contributed by atoms with van der Waals surface area (Å²) in [5, 5.41) is 2.80. The second kappa shape index (κ2) is 8.45. The van der Waals surface area contributed by atoms with Crippen LogP contribution in [0.1, 0.15) is 40.2 Å². The van der Waals surface area contributed by atoms with Gasteiger partial charge in [0.05, 0.1) is 11.3 Å². The number of halogens is 4. The highest BCUT2D eigenvalue weighted by atomic mass is 19.4. The lowest BCUT2D eigenvalue weighted by Gasteiger charge is -2.17. The first-order chi connectivity index (χ1) is 14.8. The maximum atomic E-state index is 13.4. The molecule has 2 aromatic carbocycles. The molecule has 2 heterocycles. The number of carbonyl (C=O) groups is 1. The Balaban J connectivity index is 1.56. The van der Waals surface area contributed by atoms with E-state index in [2.05, 4.69) is 15.3 Å². The number of aromatic nitrogens is 2. The van der Waals surface area contributed by atoms with Gasteiger partial charge in [-0.3, -0.25) is 4.79 Å². The third kappa shape index (κ3) is 5.07. The Morgan fingerprint density at radius 1 is 0.968 bits per heavy atom. The number of anilines is 1. The van der Waals surface area contributed by atoms with E-state index in [0.29, 0.717) is 25.1 Å². The molecule has 3 aromatic rings. The normalized spacial score (nSPS) is 13.6. The predicted octanol–water partition coefficient (Wildman–Crippen LogP) is 4.90. The van der Waals surface area contributed by atoms with Gasteiger partial charge < -0.3 is 5.32 Å². The molecule has 0 fully saturated rings. The van der Waals surface area contributed by atoms with Crippen LogP contribution < -0.4 is 5.32 Å². The van der Waals surface area contributed by atoms with Crippen molar-refractivity contribution in [2.24, 2.45) is 0 Å². The number of hydrogen-bond acceptors (Lipinski definition) is 3. The number of fused-ring (bicyclic) bond motifs is 1. The second-order valence-electron chi connectivity index (χ2n) is 7.49. The van der Waals surface area contributed by atoms with E-state index in [4.69, 9.17) is 0 Å². The van der Waals surface area contributed by atoms with Gasteiger partial charge in [0.1, 0.15) is 11.6 Å². The molecule has 0 radical (unpaired) electrons. The summed E-state index contributed by atoms with van der Waals surface area (Å²) in [7, 11) is 0. The van der Waals surface area contributed by atoms with Crippen LogP contribution in [0, 0.1) is 5.82 Å². The maximum Gasteiger partial charge on any atom is 0.419 e. The number of nitrogens with one attached hydrogen (secondary N) is 1. The van der Waals surface area contributed by atoms with Crippen LogP contribution in [-0.2, 0) is 36.7 Å². The van der Waals surface area contributed by atoms with Crippen molar-refractivity contribution in [3.05, 3.63) is 88.3 Å². The fourth-order valence-corrected chi connectivity index (χ4v) is 3.61. The molecule has 1 aromatic heterocycles. The number of hydrogen-bond donors (Lipinski definition) is 1. The van der Waals surface area contributed by atoms with Gasteiger partial charge >= 0.3 is 6.18 Å². The highest BCUT2D eigenvalue weighted by molar-refractivity contribution is 5.93. The first-order valence-electron chi connectivity index (χ1n) is 9.86. The lowest BCUT2D eigenvalue weighted by molar-refractivity contribution is -0.138. The van der Waals surface area contributed by atoms with Crippen LogP contribution in [0.25, 0.3) is 0 Å². The molecule has 160 valence electrons. The number of benzene rings is 2. The minimum atomic E-state index is -4.55. The summed E-state index contributed by atoms with van der Waals surface area (Å²) < 4.78 is 53.4. The topological polar surface area (TPSA) is 54.9 Å². The molecule has 1 amide bonds. The summed E-state index contributed by atoms with van der Waals surface area (Å²) in [5.41, 5.74) is 2.40. The highest BCUT2D eigenvalue weighted by Crippen LogP contribution is 2.32. The highest BCUT2D eigenvalue weighted by Gasteiger charge is 2.34. The van der Waals surface area contributed by atoms with Crippen molar-refractivity contribution in [1.82, 2.24) is 9.97 Å². The van der Waals surface area contributed by atoms with Crippen molar-refractivity contribution in [1.29, 1.82) is 0 Å². The van der Waals surface area contributed by atoms with E-state index in [1.807, 2.05) is 12.1 Å². The van der Waals surface area contributed by atoms with E-state index in [9.17, 15) is 22.4 Å². The van der Waals surface area contributed by atoms with E-state index in [0.717, 1.165) is 28.6 Å². The van der Waals surface area contributed by atoms with Crippen LogP contribution in [0.15, 0.2) is 48.7 Å². The molecule has 8 heteroatoms. The van der Waals surface area contributed by atoms with E-state index < -0.39 is 17.6 Å². The maximum absolute atomic E-state index is 13.4. The second-order valence-corrected chi connectivity index (χ2v) is 7.49. The molecule has 0 saturated carbocycles. The van der Waals surface area contributed by atoms with E-state index >= 15 is 0 Å². The van der Waals surface area contributed by atoms with Gasteiger partial charge in [-0.2, -0.15) is 13.2 Å². The molecule has 31 heavy (non-hydrogen) atoms. The van der Waals surface area contributed by atoms with Crippen molar-refractivity contribution >= 4 is 11.6 Å². The number of nitrogens with zero attached hydrogens (tertiary/aromatic N) is 2. The predicted molar refractivity (Wildman–Crippen MR) is 107 cm³/mol. The molecule has 1 aliphatic heterocycles. The van der Waals surface area contributed by atoms with Crippen LogP contribution in [0.2, 0.25) is 0 Å². The standard InChI is InChI=1S/C23H19F4N3O/c24-17-6-1-14(2-7-17)3-9-20-18(23(25,26)27)13-28-21(29-20)12-15-4-8-19-16(11-15)5-10-22(31)30-19/h1-2,4,6-8,11,13H,3,5,9-10,12H2,(H,30,31). The summed E-state index contributed by atoms with van der Waals surface area (Å²) >= 11 is 0. The third-order valence-corrected chi connectivity index (χ3v) is 5.21. The van der Waals surface area contributed by atoms with Gasteiger partial charge in [-0.25, -0.2) is 14.4 Å². The molecule has 0 atom stereocenters. The fraction of sp³-hybridized carbons (Fsp3) is 0.261. The molecule has 0 unspecified atom stereocenters. The summed E-state index contributed by atoms with van der Waals surface area (Å²) in [6.07, 6.45) is -2.05. The van der Waals surface area contributed by atoms with Crippen molar-refractivity contribution in [3.63, 3.8) is 0 Å². The van der Waals surface area contributed by atoms with Crippen molar-refractivity contribution in [2.75, 3.05) is 5.32 Å². The van der Waals surface area contributed by atoms with Gasteiger partial charge in [-0.15, -0.1) is 0 Å². The van der Waals surface area contributed by atoms with Crippen LogP contribution in [0.5, 0.6) is 0 Å². The first-order valence-corrected chi connectivity index (χ1v) is 9.86. The molecule has 0 saturated heterocycles. The van der Waals surface area contributed by atoms with Crippen LogP contribution in [0.4, 0.5) is 23.2 Å². The SMILES string of the molecule is O=C1CCc2cc(Cc3ncc(C(F)(F)F)c(CCc4ccc(F)cc4)n3)ccc2N1. The fourth-order valence-electron chi connectivity index (χ4n) is 3.61. The minimum absolute atomic E-state index is 0.0304. The van der Waals surface area contributed by atoms with E-state index in [-0.39, 0.29) is 24.4 Å². The number of carbonyl (C=O) groups excluding carboxylic acids is 1. The average molecular weight is 429 g/mol. The van der Waals surface area contributed by atoms with Crippen LogP contribution in [0.3, 0.4) is 0 Å². The van der Waals surface area contributed by atoms with Crippen LogP contribution >= 0.6 is 0 Å². The largest absolute Gasteiger partial charge is 0.419 e. The number of amides is 1. The Labute approximate surface area is 176 Å². The van der Waals surface area contributed by atoms with Gasteiger partial charge in [0, 0.05) is 24.7 Å². The molecule has 0 spiro atoms. The number of aryl methyl sites for hydroxylation is 3. The molecular formula is C23H19F4N3O. The molecule has 1 aliphatic rings. The molecular weight excluding hydrogens is 410 g/mol. The lowest BCUT2D eigenvalue weighted by Crippen LogP contribution is -2.19. The van der Waals surface area contributed by atoms with Crippen molar-refractivity contribution < 1.29 is 22.4 Å². The van der Waals surface area contributed by atoms with Gasteiger partial charge in [0.2, 0.25) is 5.91 Å². The number of alkyl halides is 3. The quantitative estimate of drug-likeness (QED) is 0.588. The van der Waals surface area contributed by atoms with Crippen molar-refractivity contribution in [2.45, 2.75) is 38.3 Å². The summed E-state index contributed by atoms with van der Waals surface area (Å²) in [4.78, 5) is 19.6. The zero-order valence-electron chi connectivity index (χ0n) is 16.5.